The van der Waals surface area contributed by atoms with Crippen LogP contribution in [0.5, 0.6) is 0 Å². The van der Waals surface area contributed by atoms with Crippen LogP contribution in [0.3, 0.4) is 0 Å². The van der Waals surface area contributed by atoms with Crippen molar-refractivity contribution in [2.24, 2.45) is 5.92 Å². The first-order chi connectivity index (χ1) is 11.9. The van der Waals surface area contributed by atoms with E-state index in [1.807, 2.05) is 0 Å². The summed E-state index contributed by atoms with van der Waals surface area (Å²) in [5, 5.41) is 0. The normalized spacial score (nSPS) is 24.1. The van der Waals surface area contributed by atoms with Crippen molar-refractivity contribution in [2.75, 3.05) is 39.1 Å². The van der Waals surface area contributed by atoms with Crippen molar-refractivity contribution < 1.29 is 22.7 Å². The molecule has 25 heavy (non-hydrogen) atoms. The topological polar surface area (TPSA) is 84.0 Å². The zero-order valence-corrected chi connectivity index (χ0v) is 14.9. The van der Waals surface area contributed by atoms with Crippen molar-refractivity contribution in [3.8, 4) is 0 Å². The van der Waals surface area contributed by atoms with E-state index < -0.39 is 9.84 Å². The van der Waals surface area contributed by atoms with Gasteiger partial charge in [0.1, 0.15) is 0 Å². The summed E-state index contributed by atoms with van der Waals surface area (Å²) in [7, 11) is -1.77. The summed E-state index contributed by atoms with van der Waals surface area (Å²) in [5.41, 5.74) is 0. The van der Waals surface area contributed by atoms with Crippen molar-refractivity contribution in [1.29, 1.82) is 0 Å². The minimum Gasteiger partial charge on any atom is -0.378 e. The number of carbonyl (C=O) groups excluding carboxylic acids is 2. The fraction of sp³-hybridized carbons (Fsp3) is 0.529. The van der Waals surface area contributed by atoms with E-state index in [-0.39, 0.29) is 47.4 Å². The van der Waals surface area contributed by atoms with E-state index in [1.165, 1.54) is 12.1 Å². The standard InChI is InChI=1S/C17H22N2O5S/c1-18-14-10-19(9-13(17(18)21)11-24-12-14)16(20)7-8-25(22,23)15-5-3-2-4-6-15/h2-6,13-14H,7-12H2,1H3/t13-,14+/m1/s1. The van der Waals surface area contributed by atoms with Gasteiger partial charge in [-0.3, -0.25) is 9.59 Å². The molecule has 2 aliphatic heterocycles. The number of hydrogen-bond donors (Lipinski definition) is 0. The Balaban J connectivity index is 1.67. The number of sulfone groups is 1. The Morgan fingerprint density at radius 3 is 2.64 bits per heavy atom. The fourth-order valence-corrected chi connectivity index (χ4v) is 4.48. The molecular formula is C17H22N2O5S. The summed E-state index contributed by atoms with van der Waals surface area (Å²) < 4.78 is 30.2. The van der Waals surface area contributed by atoms with Crippen LogP contribution in [-0.4, -0.2) is 75.2 Å². The summed E-state index contributed by atoms with van der Waals surface area (Å²) in [6, 6.07) is 7.94. The van der Waals surface area contributed by atoms with Crippen LogP contribution >= 0.6 is 0 Å². The smallest absolute Gasteiger partial charge is 0.229 e. The molecule has 7 nitrogen and oxygen atoms in total. The monoisotopic (exact) mass is 366 g/mol. The van der Waals surface area contributed by atoms with Gasteiger partial charge < -0.3 is 14.5 Å². The molecule has 2 bridgehead atoms. The number of nitrogens with zero attached hydrogens (tertiary/aromatic N) is 2. The zero-order chi connectivity index (χ0) is 18.0. The molecule has 0 radical (unpaired) electrons. The minimum absolute atomic E-state index is 0.0188. The lowest BCUT2D eigenvalue weighted by atomic mass is 10.1. The van der Waals surface area contributed by atoms with Gasteiger partial charge in [0.2, 0.25) is 11.8 Å². The number of amides is 2. The van der Waals surface area contributed by atoms with Crippen molar-refractivity contribution in [1.82, 2.24) is 9.80 Å². The third-order valence-corrected chi connectivity index (χ3v) is 6.52. The van der Waals surface area contributed by atoms with Gasteiger partial charge in [-0.15, -0.1) is 0 Å². The number of hydrogen-bond acceptors (Lipinski definition) is 5. The maximum Gasteiger partial charge on any atom is 0.229 e. The van der Waals surface area contributed by atoms with Gasteiger partial charge in [-0.05, 0) is 12.1 Å². The molecule has 0 unspecified atom stereocenters. The molecule has 1 aromatic carbocycles. The largest absolute Gasteiger partial charge is 0.378 e. The molecule has 0 spiro atoms. The van der Waals surface area contributed by atoms with E-state index in [0.29, 0.717) is 19.8 Å². The number of likely N-dealkylation sites (N-methyl/N-ethyl adjacent to an activating group) is 1. The van der Waals surface area contributed by atoms with Gasteiger partial charge in [-0.2, -0.15) is 0 Å². The average Bonchev–Trinajstić information content (AvgIpc) is 2.79. The van der Waals surface area contributed by atoms with Gasteiger partial charge in [-0.1, -0.05) is 18.2 Å². The molecule has 2 amide bonds. The van der Waals surface area contributed by atoms with E-state index in [9.17, 15) is 18.0 Å². The number of fused-ring (bicyclic) bond motifs is 3. The summed E-state index contributed by atoms with van der Waals surface area (Å²) in [4.78, 5) is 28.3. The maximum absolute atomic E-state index is 12.6. The minimum atomic E-state index is -3.49. The number of carbonyl (C=O) groups is 2. The summed E-state index contributed by atoms with van der Waals surface area (Å²) >= 11 is 0. The first kappa shape index (κ1) is 17.9. The van der Waals surface area contributed by atoms with Crippen LogP contribution in [-0.2, 0) is 24.2 Å². The van der Waals surface area contributed by atoms with Crippen LogP contribution in [0.15, 0.2) is 35.2 Å². The highest BCUT2D eigenvalue weighted by molar-refractivity contribution is 7.91. The molecule has 2 aliphatic rings. The van der Waals surface area contributed by atoms with Gasteiger partial charge >= 0.3 is 0 Å². The highest BCUT2D eigenvalue weighted by Gasteiger charge is 2.38. The number of rotatable bonds is 4. The third kappa shape index (κ3) is 3.85. The van der Waals surface area contributed by atoms with Gasteiger partial charge in [0, 0.05) is 26.6 Å². The van der Waals surface area contributed by atoms with Crippen molar-refractivity contribution >= 4 is 21.7 Å². The lowest BCUT2D eigenvalue weighted by Gasteiger charge is -2.29. The highest BCUT2D eigenvalue weighted by Crippen LogP contribution is 2.20. The molecule has 0 N–H and O–H groups in total. The lowest BCUT2D eigenvalue weighted by molar-refractivity contribution is -0.134. The Hall–Kier alpha value is -1.93. The second-order valence-electron chi connectivity index (χ2n) is 6.52. The predicted molar refractivity (Wildman–Crippen MR) is 90.6 cm³/mol. The third-order valence-electron chi connectivity index (χ3n) is 4.79. The number of benzene rings is 1. The molecule has 3 rings (SSSR count). The van der Waals surface area contributed by atoms with Crippen LogP contribution in [0.2, 0.25) is 0 Å². The van der Waals surface area contributed by atoms with E-state index >= 15 is 0 Å². The summed E-state index contributed by atoms with van der Waals surface area (Å²) in [6.07, 6.45) is -0.0879. The molecule has 2 heterocycles. The summed E-state index contributed by atoms with van der Waals surface area (Å²) in [6.45, 7) is 1.35. The first-order valence-corrected chi connectivity index (χ1v) is 9.93. The van der Waals surface area contributed by atoms with Crippen LogP contribution in [0, 0.1) is 5.92 Å². The Morgan fingerprint density at radius 1 is 1.20 bits per heavy atom. The molecule has 2 fully saturated rings. The van der Waals surface area contributed by atoms with Gasteiger partial charge in [-0.25, -0.2) is 8.42 Å². The Morgan fingerprint density at radius 2 is 1.92 bits per heavy atom. The van der Waals surface area contributed by atoms with Crippen LogP contribution in [0.1, 0.15) is 6.42 Å². The van der Waals surface area contributed by atoms with Crippen molar-refractivity contribution in [3.05, 3.63) is 30.3 Å². The molecule has 0 aromatic heterocycles. The Bertz CT molecular complexity index is 750. The van der Waals surface area contributed by atoms with Crippen molar-refractivity contribution in [2.45, 2.75) is 17.4 Å². The maximum atomic E-state index is 12.6. The van der Waals surface area contributed by atoms with Crippen LogP contribution in [0.25, 0.3) is 0 Å². The van der Waals surface area contributed by atoms with Gasteiger partial charge in [0.15, 0.2) is 9.84 Å². The van der Waals surface area contributed by atoms with E-state index in [0.717, 1.165) is 0 Å². The second-order valence-corrected chi connectivity index (χ2v) is 8.63. The highest BCUT2D eigenvalue weighted by atomic mass is 32.2. The quantitative estimate of drug-likeness (QED) is 0.758. The van der Waals surface area contributed by atoms with E-state index in [1.54, 1.807) is 35.0 Å². The molecule has 0 aliphatic carbocycles. The van der Waals surface area contributed by atoms with E-state index in [4.69, 9.17) is 4.74 Å². The molecule has 1 aromatic rings. The van der Waals surface area contributed by atoms with Gasteiger partial charge in [0.05, 0.1) is 35.8 Å². The van der Waals surface area contributed by atoms with Crippen molar-refractivity contribution in [3.63, 3.8) is 0 Å². The fourth-order valence-electron chi connectivity index (χ4n) is 3.23. The molecular weight excluding hydrogens is 344 g/mol. The summed E-state index contributed by atoms with van der Waals surface area (Å²) in [5.74, 6) is -0.872. The SMILES string of the molecule is CN1C(=O)[C@H]2COC[C@@H]1CN(C(=O)CCS(=O)(=O)c1ccccc1)C2. The Kier molecular flexibility index (Phi) is 5.10. The Labute approximate surface area is 147 Å². The van der Waals surface area contributed by atoms with Crippen LogP contribution < -0.4 is 0 Å². The predicted octanol–water partition coefficient (Wildman–Crippen LogP) is 0.166. The molecule has 8 heteroatoms. The number of ether oxygens (including phenoxy) is 1. The molecule has 0 saturated carbocycles. The first-order valence-electron chi connectivity index (χ1n) is 8.28. The second kappa shape index (κ2) is 7.13. The molecule has 2 saturated heterocycles. The van der Waals surface area contributed by atoms with Crippen LogP contribution in [0.4, 0.5) is 0 Å². The molecule has 136 valence electrons. The lowest BCUT2D eigenvalue weighted by Crippen LogP contribution is -2.45. The van der Waals surface area contributed by atoms with E-state index in [2.05, 4.69) is 0 Å². The van der Waals surface area contributed by atoms with Gasteiger partial charge in [0.25, 0.3) is 0 Å². The molecule has 2 atom stereocenters. The average molecular weight is 366 g/mol. The zero-order valence-electron chi connectivity index (χ0n) is 14.1.